The van der Waals surface area contributed by atoms with Gasteiger partial charge in [0.2, 0.25) is 0 Å². The Bertz CT molecular complexity index is 700. The molecule has 0 aliphatic heterocycles. The van der Waals surface area contributed by atoms with Crippen LogP contribution in [0.2, 0.25) is 0 Å². The Morgan fingerprint density at radius 3 is 1.38 bits per heavy atom. The van der Waals surface area contributed by atoms with Gasteiger partial charge in [-0.3, -0.25) is 0 Å². The van der Waals surface area contributed by atoms with Crippen LogP contribution in [-0.2, 0) is 0 Å². The van der Waals surface area contributed by atoms with Crippen molar-refractivity contribution in [2.75, 3.05) is 13.2 Å². The van der Waals surface area contributed by atoms with E-state index < -0.39 is 12.2 Å². The Morgan fingerprint density at radius 2 is 1.03 bits per heavy atom. The molecule has 0 heterocycles. The van der Waals surface area contributed by atoms with Gasteiger partial charge in [-0.1, -0.05) is 77.0 Å². The number of hydrogen-bond donors (Lipinski definition) is 4. The van der Waals surface area contributed by atoms with Crippen LogP contribution in [0.4, 0.5) is 0 Å². The fraction of sp³-hybridized carbons (Fsp3) is 0.643. The highest BCUT2D eigenvalue weighted by molar-refractivity contribution is 5.48. The molecule has 0 radical (unpaired) electrons. The summed E-state index contributed by atoms with van der Waals surface area (Å²) in [5.41, 5.74) is 3.74. The molecule has 0 saturated carbocycles. The van der Waals surface area contributed by atoms with Gasteiger partial charge in [0, 0.05) is 13.2 Å². The van der Waals surface area contributed by atoms with E-state index in [1.165, 1.54) is 0 Å². The van der Waals surface area contributed by atoms with E-state index in [0.29, 0.717) is 0 Å². The van der Waals surface area contributed by atoms with Crippen LogP contribution in [0.25, 0.3) is 0 Å². The molecule has 2 atom stereocenters. The molecule has 0 bridgehead atoms. The predicted octanol–water partition coefficient (Wildman–Crippen LogP) is 5.16. The third kappa shape index (κ3) is 8.15. The Labute approximate surface area is 194 Å². The molecular formula is C28H44O4. The lowest BCUT2D eigenvalue weighted by atomic mass is 9.87. The molecule has 0 aromatic carbocycles. The Hall–Kier alpha value is -1.46. The molecule has 0 aromatic heterocycles. The maximum Gasteiger partial charge on any atom is 0.100 e. The van der Waals surface area contributed by atoms with E-state index in [1.807, 2.05) is 36.5 Å². The monoisotopic (exact) mass is 444 g/mol. The Kier molecular flexibility index (Phi) is 10.2. The van der Waals surface area contributed by atoms with E-state index >= 15 is 0 Å². The fourth-order valence-corrected chi connectivity index (χ4v) is 4.15. The topological polar surface area (TPSA) is 80.9 Å². The van der Waals surface area contributed by atoms with Gasteiger partial charge in [-0.15, -0.1) is 0 Å². The minimum absolute atomic E-state index is 0.0342. The predicted molar refractivity (Wildman–Crippen MR) is 132 cm³/mol. The zero-order chi connectivity index (χ0) is 23.8. The number of unbranched alkanes of at least 4 members (excludes halogenated alkanes) is 2. The van der Waals surface area contributed by atoms with Crippen LogP contribution >= 0.6 is 0 Å². The highest BCUT2D eigenvalue weighted by Gasteiger charge is 2.22. The number of rotatable bonds is 14. The standard InChI is InChI=1S/C28H44O4/c1-27(2,19-29)17-7-5-9-21-11-13-23(25(21)31)15-16-24-14-12-22(26(24)32)10-6-8-18-28(3,4)20-30/h11-16,25-26,29-32H,5-10,17-20H2,1-4H3. The minimum Gasteiger partial charge on any atom is -0.396 e. The lowest BCUT2D eigenvalue weighted by Crippen LogP contribution is -2.16. The van der Waals surface area contributed by atoms with E-state index in [9.17, 15) is 20.4 Å². The van der Waals surface area contributed by atoms with Gasteiger partial charge in [-0.2, -0.15) is 0 Å². The van der Waals surface area contributed by atoms with E-state index in [2.05, 4.69) is 27.7 Å². The van der Waals surface area contributed by atoms with Crippen LogP contribution in [0.15, 0.2) is 58.7 Å². The molecule has 0 saturated heterocycles. The molecule has 0 fully saturated rings. The third-order valence-electron chi connectivity index (χ3n) is 6.78. The molecule has 2 unspecified atom stereocenters. The summed E-state index contributed by atoms with van der Waals surface area (Å²) >= 11 is 0. The van der Waals surface area contributed by atoms with Crippen LogP contribution in [0.5, 0.6) is 0 Å². The number of allylic oxidation sites excluding steroid dienone is 4. The zero-order valence-corrected chi connectivity index (χ0v) is 20.5. The van der Waals surface area contributed by atoms with Crippen molar-refractivity contribution in [1.29, 1.82) is 0 Å². The minimum atomic E-state index is -0.571. The second kappa shape index (κ2) is 12.1. The van der Waals surface area contributed by atoms with Gasteiger partial charge in [0.15, 0.2) is 0 Å². The van der Waals surface area contributed by atoms with Crippen LogP contribution < -0.4 is 0 Å². The van der Waals surface area contributed by atoms with Gasteiger partial charge in [0.05, 0.1) is 0 Å². The zero-order valence-electron chi connectivity index (χ0n) is 20.5. The molecule has 32 heavy (non-hydrogen) atoms. The van der Waals surface area contributed by atoms with Crippen molar-refractivity contribution in [3.63, 3.8) is 0 Å². The van der Waals surface area contributed by atoms with Crippen molar-refractivity contribution in [3.8, 4) is 0 Å². The summed E-state index contributed by atoms with van der Waals surface area (Å²) in [4.78, 5) is 0. The molecule has 0 spiro atoms. The lowest BCUT2D eigenvalue weighted by Gasteiger charge is -2.21. The Morgan fingerprint density at radius 1 is 0.656 bits per heavy atom. The molecule has 4 heteroatoms. The van der Waals surface area contributed by atoms with E-state index in [-0.39, 0.29) is 24.0 Å². The van der Waals surface area contributed by atoms with Gasteiger partial charge in [-0.05, 0) is 71.6 Å². The first-order chi connectivity index (χ1) is 15.1. The molecule has 2 aliphatic rings. The van der Waals surface area contributed by atoms with Crippen molar-refractivity contribution in [2.45, 2.75) is 91.3 Å². The highest BCUT2D eigenvalue weighted by atomic mass is 16.3. The second-order valence-corrected chi connectivity index (χ2v) is 11.0. The highest BCUT2D eigenvalue weighted by Crippen LogP contribution is 2.30. The molecule has 4 N–H and O–H groups in total. The molecule has 180 valence electrons. The second-order valence-electron chi connectivity index (χ2n) is 11.0. The molecule has 0 amide bonds. The summed E-state index contributed by atoms with van der Waals surface area (Å²) < 4.78 is 0. The van der Waals surface area contributed by atoms with E-state index in [1.54, 1.807) is 0 Å². The van der Waals surface area contributed by atoms with Gasteiger partial charge >= 0.3 is 0 Å². The first-order valence-corrected chi connectivity index (χ1v) is 12.2. The van der Waals surface area contributed by atoms with Gasteiger partial charge in [-0.25, -0.2) is 0 Å². The molecule has 2 aliphatic carbocycles. The Balaban J connectivity index is 1.72. The summed E-state index contributed by atoms with van der Waals surface area (Å²) in [6, 6.07) is 0. The van der Waals surface area contributed by atoms with Crippen LogP contribution in [-0.4, -0.2) is 45.8 Å². The summed E-state index contributed by atoms with van der Waals surface area (Å²) in [7, 11) is 0. The lowest BCUT2D eigenvalue weighted by molar-refractivity contribution is 0.147. The fourth-order valence-electron chi connectivity index (χ4n) is 4.15. The van der Waals surface area contributed by atoms with Crippen molar-refractivity contribution in [1.82, 2.24) is 0 Å². The van der Waals surface area contributed by atoms with Gasteiger partial charge < -0.3 is 20.4 Å². The van der Waals surface area contributed by atoms with Crippen LogP contribution in [0.3, 0.4) is 0 Å². The van der Waals surface area contributed by atoms with Crippen molar-refractivity contribution < 1.29 is 20.4 Å². The largest absolute Gasteiger partial charge is 0.396 e. The number of aliphatic hydroxyl groups excluding tert-OH is 4. The summed E-state index contributed by atoms with van der Waals surface area (Å²) in [5, 5.41) is 40.0. The maximum absolute atomic E-state index is 10.6. The average Bonchev–Trinajstić information content (AvgIpc) is 3.29. The maximum atomic E-state index is 10.6. The number of hydrogen-bond acceptors (Lipinski definition) is 4. The van der Waals surface area contributed by atoms with E-state index in [0.717, 1.165) is 73.7 Å². The summed E-state index contributed by atoms with van der Waals surface area (Å²) in [6.45, 7) is 8.71. The van der Waals surface area contributed by atoms with Crippen molar-refractivity contribution in [2.24, 2.45) is 10.8 Å². The van der Waals surface area contributed by atoms with Crippen molar-refractivity contribution >= 4 is 0 Å². The number of aliphatic hydroxyl groups is 4. The third-order valence-corrected chi connectivity index (χ3v) is 6.78. The average molecular weight is 445 g/mol. The molecule has 2 rings (SSSR count). The molecule has 4 nitrogen and oxygen atoms in total. The normalized spacial score (nSPS) is 21.8. The molecular weight excluding hydrogens is 400 g/mol. The smallest absolute Gasteiger partial charge is 0.100 e. The van der Waals surface area contributed by atoms with Crippen LogP contribution in [0.1, 0.15) is 79.1 Å². The van der Waals surface area contributed by atoms with E-state index in [4.69, 9.17) is 0 Å². The van der Waals surface area contributed by atoms with Gasteiger partial charge in [0.25, 0.3) is 0 Å². The first-order valence-electron chi connectivity index (χ1n) is 12.2. The molecule has 0 aromatic rings. The first kappa shape index (κ1) is 26.8. The van der Waals surface area contributed by atoms with Crippen LogP contribution in [0, 0.1) is 10.8 Å². The summed E-state index contributed by atoms with van der Waals surface area (Å²) in [6.07, 6.45) is 18.4. The van der Waals surface area contributed by atoms with Gasteiger partial charge in [0.1, 0.15) is 12.2 Å². The van der Waals surface area contributed by atoms with Crippen molar-refractivity contribution in [3.05, 3.63) is 58.7 Å². The quantitative estimate of drug-likeness (QED) is 0.279. The SMILES string of the molecule is CC(C)(CO)CCCCC1=CC=C(C=CC2=CC=C(CCCCC(C)(C)CO)C2O)C1O. The summed E-state index contributed by atoms with van der Waals surface area (Å²) in [5.74, 6) is 0.